The Labute approximate surface area is 128 Å². The lowest BCUT2D eigenvalue weighted by Crippen LogP contribution is -2.34. The highest BCUT2D eigenvalue weighted by atomic mass is 16.5. The van der Waals surface area contributed by atoms with Crippen LogP contribution in [0.4, 0.5) is 0 Å². The van der Waals surface area contributed by atoms with Gasteiger partial charge in [0, 0.05) is 6.54 Å². The monoisotopic (exact) mass is 291 g/mol. The first kappa shape index (κ1) is 16.5. The number of aliphatic hydroxyl groups excluding tert-OH is 1. The molecule has 0 bridgehead atoms. The SMILES string of the molecule is CC(OCC(O)CNCC1CCCC1C)c1ccccc1. The Kier molecular flexibility index (Phi) is 6.68. The molecule has 0 aromatic heterocycles. The van der Waals surface area contributed by atoms with E-state index in [2.05, 4.69) is 24.4 Å². The third-order valence-electron chi connectivity index (χ3n) is 4.63. The van der Waals surface area contributed by atoms with Crippen LogP contribution < -0.4 is 5.32 Å². The molecule has 0 amide bonds. The molecule has 1 aliphatic carbocycles. The van der Waals surface area contributed by atoms with Gasteiger partial charge in [0.1, 0.15) is 0 Å². The third kappa shape index (κ3) is 5.42. The number of rotatable bonds is 8. The molecule has 0 aliphatic heterocycles. The van der Waals surface area contributed by atoms with Gasteiger partial charge in [-0.1, -0.05) is 50.1 Å². The van der Waals surface area contributed by atoms with Crippen molar-refractivity contribution in [1.82, 2.24) is 5.32 Å². The molecule has 2 rings (SSSR count). The average molecular weight is 291 g/mol. The highest BCUT2D eigenvalue weighted by Crippen LogP contribution is 2.30. The van der Waals surface area contributed by atoms with Gasteiger partial charge in [-0.15, -0.1) is 0 Å². The van der Waals surface area contributed by atoms with E-state index in [1.165, 1.54) is 19.3 Å². The molecular weight excluding hydrogens is 262 g/mol. The molecule has 1 aromatic carbocycles. The Morgan fingerprint density at radius 2 is 2.05 bits per heavy atom. The van der Waals surface area contributed by atoms with E-state index in [1.807, 2.05) is 25.1 Å². The summed E-state index contributed by atoms with van der Waals surface area (Å²) in [6.45, 7) is 6.37. The lowest BCUT2D eigenvalue weighted by Gasteiger charge is -2.19. The van der Waals surface area contributed by atoms with Crippen LogP contribution in [0.15, 0.2) is 30.3 Å². The summed E-state index contributed by atoms with van der Waals surface area (Å²) in [7, 11) is 0. The molecule has 1 fully saturated rings. The molecule has 0 saturated heterocycles. The van der Waals surface area contributed by atoms with Crippen molar-refractivity contribution in [2.24, 2.45) is 11.8 Å². The van der Waals surface area contributed by atoms with Crippen molar-refractivity contribution < 1.29 is 9.84 Å². The normalized spacial score (nSPS) is 24.9. The van der Waals surface area contributed by atoms with Gasteiger partial charge in [0.25, 0.3) is 0 Å². The second-order valence-electron chi connectivity index (χ2n) is 6.37. The van der Waals surface area contributed by atoms with E-state index < -0.39 is 6.10 Å². The van der Waals surface area contributed by atoms with Crippen molar-refractivity contribution in [3.8, 4) is 0 Å². The summed E-state index contributed by atoms with van der Waals surface area (Å²) in [6, 6.07) is 10.1. The molecule has 3 nitrogen and oxygen atoms in total. The lowest BCUT2D eigenvalue weighted by molar-refractivity contribution is -0.00233. The van der Waals surface area contributed by atoms with Gasteiger partial charge in [0.15, 0.2) is 0 Å². The van der Waals surface area contributed by atoms with Crippen LogP contribution >= 0.6 is 0 Å². The Balaban J connectivity index is 1.60. The summed E-state index contributed by atoms with van der Waals surface area (Å²) in [5.41, 5.74) is 1.15. The molecule has 4 unspecified atom stereocenters. The van der Waals surface area contributed by atoms with Crippen molar-refractivity contribution in [1.29, 1.82) is 0 Å². The largest absolute Gasteiger partial charge is 0.389 e. The molecule has 3 heteroatoms. The fraction of sp³-hybridized carbons (Fsp3) is 0.667. The zero-order valence-electron chi connectivity index (χ0n) is 13.3. The Morgan fingerprint density at radius 3 is 2.71 bits per heavy atom. The summed E-state index contributed by atoms with van der Waals surface area (Å²) >= 11 is 0. The number of aliphatic hydroxyl groups is 1. The van der Waals surface area contributed by atoms with E-state index >= 15 is 0 Å². The van der Waals surface area contributed by atoms with E-state index in [0.29, 0.717) is 13.2 Å². The molecule has 1 aliphatic rings. The highest BCUT2D eigenvalue weighted by Gasteiger charge is 2.22. The molecule has 118 valence electrons. The van der Waals surface area contributed by atoms with Crippen LogP contribution in [-0.4, -0.2) is 30.9 Å². The summed E-state index contributed by atoms with van der Waals surface area (Å²) in [4.78, 5) is 0. The van der Waals surface area contributed by atoms with Gasteiger partial charge in [-0.25, -0.2) is 0 Å². The first-order chi connectivity index (χ1) is 10.2. The zero-order valence-corrected chi connectivity index (χ0v) is 13.3. The Morgan fingerprint density at radius 1 is 1.29 bits per heavy atom. The highest BCUT2D eigenvalue weighted by molar-refractivity contribution is 5.16. The van der Waals surface area contributed by atoms with Gasteiger partial charge in [-0.3, -0.25) is 0 Å². The van der Waals surface area contributed by atoms with Gasteiger partial charge in [-0.2, -0.15) is 0 Å². The smallest absolute Gasteiger partial charge is 0.0897 e. The molecule has 0 heterocycles. The molecule has 1 saturated carbocycles. The number of hydrogen-bond acceptors (Lipinski definition) is 3. The number of nitrogens with one attached hydrogen (secondary N) is 1. The minimum absolute atomic E-state index is 0.0238. The third-order valence-corrected chi connectivity index (χ3v) is 4.63. The van der Waals surface area contributed by atoms with Gasteiger partial charge >= 0.3 is 0 Å². The second kappa shape index (κ2) is 8.52. The molecule has 1 aromatic rings. The molecule has 0 spiro atoms. The standard InChI is InChI=1S/C18H29NO2/c1-14-7-6-10-17(14)11-19-12-18(20)13-21-15(2)16-8-4-3-5-9-16/h3-5,8-9,14-15,17-20H,6-7,10-13H2,1-2H3. The van der Waals surface area contributed by atoms with Crippen molar-refractivity contribution in [3.05, 3.63) is 35.9 Å². The maximum atomic E-state index is 10.00. The summed E-state index contributed by atoms with van der Waals surface area (Å²) < 4.78 is 5.74. The van der Waals surface area contributed by atoms with Crippen LogP contribution in [0, 0.1) is 11.8 Å². The van der Waals surface area contributed by atoms with Gasteiger partial charge < -0.3 is 15.2 Å². The number of hydrogen-bond donors (Lipinski definition) is 2. The first-order valence-corrected chi connectivity index (χ1v) is 8.22. The topological polar surface area (TPSA) is 41.5 Å². The zero-order chi connectivity index (χ0) is 15.1. The quantitative estimate of drug-likeness (QED) is 0.773. The van der Waals surface area contributed by atoms with E-state index in [1.54, 1.807) is 0 Å². The van der Waals surface area contributed by atoms with Crippen LogP contribution in [0.3, 0.4) is 0 Å². The van der Waals surface area contributed by atoms with E-state index in [9.17, 15) is 5.11 Å². The van der Waals surface area contributed by atoms with Crippen LogP contribution in [0.2, 0.25) is 0 Å². The molecule has 0 radical (unpaired) electrons. The Hall–Kier alpha value is -0.900. The van der Waals surface area contributed by atoms with Crippen LogP contribution in [0.1, 0.15) is 44.8 Å². The molecule has 4 atom stereocenters. The summed E-state index contributed by atoms with van der Waals surface area (Å²) in [6.07, 6.45) is 3.62. The minimum Gasteiger partial charge on any atom is -0.389 e. The van der Waals surface area contributed by atoms with Gasteiger partial charge in [0.05, 0.1) is 18.8 Å². The molecule has 2 N–H and O–H groups in total. The maximum Gasteiger partial charge on any atom is 0.0897 e. The maximum absolute atomic E-state index is 10.00. The van der Waals surface area contributed by atoms with E-state index in [0.717, 1.165) is 23.9 Å². The van der Waals surface area contributed by atoms with Crippen LogP contribution in [0.5, 0.6) is 0 Å². The Bertz CT molecular complexity index is 395. The predicted octanol–water partition coefficient (Wildman–Crippen LogP) is 3.15. The number of benzene rings is 1. The fourth-order valence-corrected chi connectivity index (χ4v) is 3.10. The molecule has 21 heavy (non-hydrogen) atoms. The van der Waals surface area contributed by atoms with Crippen molar-refractivity contribution in [2.45, 2.75) is 45.3 Å². The van der Waals surface area contributed by atoms with Gasteiger partial charge in [-0.05, 0) is 37.3 Å². The summed E-state index contributed by atoms with van der Waals surface area (Å²) in [5.74, 6) is 1.60. The van der Waals surface area contributed by atoms with Crippen molar-refractivity contribution in [2.75, 3.05) is 19.7 Å². The lowest BCUT2D eigenvalue weighted by atomic mass is 9.98. The minimum atomic E-state index is -0.437. The van der Waals surface area contributed by atoms with Crippen molar-refractivity contribution in [3.63, 3.8) is 0 Å². The fourth-order valence-electron chi connectivity index (χ4n) is 3.10. The van der Waals surface area contributed by atoms with Crippen molar-refractivity contribution >= 4 is 0 Å². The molecular formula is C18H29NO2. The predicted molar refractivity (Wildman–Crippen MR) is 86.2 cm³/mol. The van der Waals surface area contributed by atoms with Crippen LogP contribution in [0.25, 0.3) is 0 Å². The van der Waals surface area contributed by atoms with E-state index in [4.69, 9.17) is 4.74 Å². The second-order valence-corrected chi connectivity index (χ2v) is 6.37. The average Bonchev–Trinajstić information content (AvgIpc) is 2.91. The van der Waals surface area contributed by atoms with Gasteiger partial charge in [0.2, 0.25) is 0 Å². The summed E-state index contributed by atoms with van der Waals surface area (Å²) in [5, 5.41) is 13.4. The number of ether oxygens (including phenoxy) is 1. The van der Waals surface area contributed by atoms with E-state index in [-0.39, 0.29) is 6.10 Å². The van der Waals surface area contributed by atoms with Crippen LogP contribution in [-0.2, 0) is 4.74 Å². The first-order valence-electron chi connectivity index (χ1n) is 8.22.